The molecule has 0 bridgehead atoms. The molecule has 1 aromatic rings. The van der Waals surface area contributed by atoms with E-state index in [9.17, 15) is 12.9 Å². The summed E-state index contributed by atoms with van der Waals surface area (Å²) in [6, 6.07) is 4.58. The molecule has 2 nitrogen and oxygen atoms in total. The number of nitrogen functional groups attached to an aromatic ring is 1. The third kappa shape index (κ3) is 5.83. The Morgan fingerprint density at radius 1 is 1.38 bits per heavy atom. The van der Waals surface area contributed by atoms with Crippen molar-refractivity contribution in [2.45, 2.75) is 4.90 Å². The number of nitrogens with two attached hydrogens (primary N) is 1. The molecule has 0 aliphatic heterocycles. The van der Waals surface area contributed by atoms with Gasteiger partial charge in [0.2, 0.25) is 0 Å². The Labute approximate surface area is 139 Å². The van der Waals surface area contributed by atoms with Crippen LogP contribution in [0.4, 0.5) is 18.6 Å². The molecule has 0 heterocycles. The molecule has 0 saturated heterocycles. The van der Waals surface area contributed by atoms with Crippen molar-refractivity contribution >= 4 is 24.4 Å². The summed E-state index contributed by atoms with van der Waals surface area (Å²) in [6.45, 7) is -4.78. The van der Waals surface area contributed by atoms with Crippen molar-refractivity contribution in [2.75, 3.05) is 18.5 Å². The number of hydrogen-bond donors (Lipinski definition) is 1. The van der Waals surface area contributed by atoms with Crippen LogP contribution in [0.25, 0.3) is 0 Å². The third-order valence-corrected chi connectivity index (χ3v) is 2.81. The summed E-state index contributed by atoms with van der Waals surface area (Å²) in [5, 5.41) is 0. The Kier molecular flexibility index (Phi) is 7.47. The van der Waals surface area contributed by atoms with Crippen LogP contribution in [-0.2, 0) is 0 Å². The largest absolute Gasteiger partial charge is 1.00 e. The minimum Gasteiger partial charge on any atom is -0.496 e. The maximum absolute atomic E-state index is 12.0. The predicted octanol–water partition coefficient (Wildman–Crippen LogP) is -0.240. The fraction of sp³-hybridized carbons (Fsp3) is 0.250. The molecule has 1 aromatic carbocycles. The van der Waals surface area contributed by atoms with E-state index >= 15 is 0 Å². The molecule has 1 rings (SSSR count). The van der Waals surface area contributed by atoms with Gasteiger partial charge in [0.15, 0.2) is 0 Å². The smallest absolute Gasteiger partial charge is 0.496 e. The first-order valence-electron chi connectivity index (χ1n) is 4.19. The molecule has 8 heteroatoms. The van der Waals surface area contributed by atoms with E-state index in [1.54, 1.807) is 6.07 Å². The van der Waals surface area contributed by atoms with Crippen LogP contribution in [-0.4, -0.2) is 19.7 Å². The summed E-state index contributed by atoms with van der Waals surface area (Å²) in [7, 11) is 1.40. The number of rotatable bonds is 4. The zero-order chi connectivity index (χ0) is 11.5. The summed E-state index contributed by atoms with van der Waals surface area (Å²) in [5.41, 5.74) is 5.07. The molecule has 16 heavy (non-hydrogen) atoms. The van der Waals surface area contributed by atoms with Crippen LogP contribution in [0.15, 0.2) is 23.1 Å². The normalized spacial score (nSPS) is 10.8. The maximum Gasteiger partial charge on any atom is 1.00 e. The van der Waals surface area contributed by atoms with Crippen LogP contribution in [0.3, 0.4) is 0 Å². The van der Waals surface area contributed by atoms with Crippen LogP contribution in [0.2, 0.25) is 0 Å². The van der Waals surface area contributed by atoms with Crippen molar-refractivity contribution in [3.63, 3.8) is 0 Å². The van der Waals surface area contributed by atoms with Gasteiger partial charge in [-0.05, 0) is 17.8 Å². The van der Waals surface area contributed by atoms with Gasteiger partial charge in [0, 0.05) is 16.6 Å². The number of thioether (sulfide) groups is 1. The minimum atomic E-state index is -4.78. The number of hydrogen-bond acceptors (Lipinski definition) is 3. The monoisotopic (exact) mass is 275 g/mol. The maximum atomic E-state index is 12.0. The van der Waals surface area contributed by atoms with E-state index in [2.05, 4.69) is 0 Å². The Hall–Kier alpha value is 0.661. The standard InChI is InChI=1S/C8H10BF3NOS.K/c1-14-7-4-6(13)2-3-8(7)15-5-9(10,11)12;/h2-4H,5,13H2,1H3;/q-1;+1. The van der Waals surface area contributed by atoms with Crippen LogP contribution >= 0.6 is 11.8 Å². The molecule has 84 valence electrons. The van der Waals surface area contributed by atoms with E-state index in [0.29, 0.717) is 28.1 Å². The molecule has 0 saturated carbocycles. The average Bonchev–Trinajstić information content (AvgIpc) is 2.14. The SMILES string of the molecule is COc1cc(N)ccc1SC[B-](F)(F)F.[K+]. The fourth-order valence-corrected chi connectivity index (χ4v) is 1.81. The van der Waals surface area contributed by atoms with Gasteiger partial charge in [-0.25, -0.2) is 0 Å². The van der Waals surface area contributed by atoms with Gasteiger partial charge in [0.05, 0.1) is 7.11 Å². The van der Waals surface area contributed by atoms with Crippen molar-refractivity contribution in [1.29, 1.82) is 0 Å². The Morgan fingerprint density at radius 2 is 2.00 bits per heavy atom. The van der Waals surface area contributed by atoms with E-state index in [1.807, 2.05) is 0 Å². The number of ether oxygens (including phenoxy) is 1. The van der Waals surface area contributed by atoms with Crippen molar-refractivity contribution in [3.8, 4) is 5.75 Å². The summed E-state index contributed by atoms with van der Waals surface area (Å²) in [4.78, 5) is 0.450. The van der Waals surface area contributed by atoms with Gasteiger partial charge < -0.3 is 23.4 Å². The number of anilines is 1. The Balaban J connectivity index is 0.00000225. The summed E-state index contributed by atoms with van der Waals surface area (Å²) >= 11 is 0.709. The first kappa shape index (κ1) is 16.7. The molecule has 0 atom stereocenters. The van der Waals surface area contributed by atoms with Crippen molar-refractivity contribution in [3.05, 3.63) is 18.2 Å². The topological polar surface area (TPSA) is 35.2 Å². The minimum absolute atomic E-state index is 0. The molecule has 0 fully saturated rings. The van der Waals surface area contributed by atoms with E-state index < -0.39 is 12.6 Å². The molecule has 0 aromatic heterocycles. The fourth-order valence-electron chi connectivity index (χ4n) is 0.988. The molecule has 0 amide bonds. The molecule has 0 unspecified atom stereocenters. The first-order valence-corrected chi connectivity index (χ1v) is 5.18. The van der Waals surface area contributed by atoms with Gasteiger partial charge >= 0.3 is 58.4 Å². The van der Waals surface area contributed by atoms with Gasteiger partial charge in [-0.3, -0.25) is 0 Å². The Bertz CT molecular complexity index is 351. The van der Waals surface area contributed by atoms with Gasteiger partial charge in [-0.2, -0.15) is 11.8 Å². The van der Waals surface area contributed by atoms with Crippen LogP contribution in [0.5, 0.6) is 5.75 Å². The van der Waals surface area contributed by atoms with E-state index in [0.717, 1.165) is 0 Å². The second-order valence-electron chi connectivity index (χ2n) is 2.93. The van der Waals surface area contributed by atoms with E-state index in [-0.39, 0.29) is 51.4 Å². The van der Waals surface area contributed by atoms with Gasteiger partial charge in [0.1, 0.15) is 5.75 Å². The zero-order valence-electron chi connectivity index (χ0n) is 9.04. The van der Waals surface area contributed by atoms with Gasteiger partial charge in [0.25, 0.3) is 0 Å². The van der Waals surface area contributed by atoms with Crippen LogP contribution < -0.4 is 61.9 Å². The van der Waals surface area contributed by atoms with Crippen molar-refractivity contribution < 1.29 is 69.1 Å². The second kappa shape index (κ2) is 7.17. The molecular weight excluding hydrogens is 265 g/mol. The quantitative estimate of drug-likeness (QED) is 0.468. The molecule has 0 spiro atoms. The molecule has 2 N–H and O–H groups in total. The van der Waals surface area contributed by atoms with Crippen LogP contribution in [0, 0.1) is 0 Å². The molecule has 0 radical (unpaired) electrons. The van der Waals surface area contributed by atoms with Crippen molar-refractivity contribution in [2.24, 2.45) is 0 Å². The zero-order valence-corrected chi connectivity index (χ0v) is 13.0. The van der Waals surface area contributed by atoms with Crippen LogP contribution in [0.1, 0.15) is 0 Å². The summed E-state index contributed by atoms with van der Waals surface area (Å²) in [5.74, 6) is 0.375. The second-order valence-corrected chi connectivity index (χ2v) is 3.99. The van der Waals surface area contributed by atoms with E-state index in [4.69, 9.17) is 10.5 Å². The van der Waals surface area contributed by atoms with Gasteiger partial charge in [-0.15, -0.1) is 0 Å². The third-order valence-electron chi connectivity index (χ3n) is 1.62. The van der Waals surface area contributed by atoms with Crippen molar-refractivity contribution in [1.82, 2.24) is 0 Å². The Morgan fingerprint density at radius 3 is 2.50 bits per heavy atom. The number of halogens is 3. The average molecular weight is 275 g/mol. The summed E-state index contributed by atoms with van der Waals surface area (Å²) in [6.07, 6.45) is 0. The molecule has 0 aliphatic rings. The number of benzene rings is 1. The molecular formula is C8H10BF3KNOS. The first-order chi connectivity index (χ1) is 6.92. The number of methoxy groups -OCH3 is 1. The van der Waals surface area contributed by atoms with Gasteiger partial charge in [-0.1, -0.05) is 0 Å². The van der Waals surface area contributed by atoms with E-state index in [1.165, 1.54) is 19.2 Å². The summed E-state index contributed by atoms with van der Waals surface area (Å²) < 4.78 is 41.0. The molecule has 0 aliphatic carbocycles. The predicted molar refractivity (Wildman–Crippen MR) is 57.2 cm³/mol.